The fraction of sp³-hybridized carbons (Fsp3) is 0.357. The number of nitrogen functional groups attached to an aromatic ring is 1. The van der Waals surface area contributed by atoms with Gasteiger partial charge in [0.25, 0.3) is 5.69 Å². The van der Waals surface area contributed by atoms with E-state index in [4.69, 9.17) is 5.73 Å². The van der Waals surface area contributed by atoms with E-state index in [2.05, 4.69) is 0 Å². The van der Waals surface area contributed by atoms with Crippen molar-refractivity contribution in [3.63, 3.8) is 0 Å². The van der Waals surface area contributed by atoms with Crippen molar-refractivity contribution >= 4 is 22.8 Å². The molecule has 0 spiro atoms. The maximum Gasteiger partial charge on any atom is 0.294 e. The van der Waals surface area contributed by atoms with Crippen molar-refractivity contribution in [1.82, 2.24) is 0 Å². The van der Waals surface area contributed by atoms with Gasteiger partial charge in [-0.3, -0.25) is 14.9 Å². The van der Waals surface area contributed by atoms with Crippen LogP contribution in [-0.4, -0.2) is 17.8 Å². The maximum atomic E-state index is 11.4. The molecule has 106 valence electrons. The Labute approximate surface area is 117 Å². The Balaban J connectivity index is 2.70. The van der Waals surface area contributed by atoms with Crippen LogP contribution in [0.15, 0.2) is 23.9 Å². The number of benzene rings is 1. The number of nitrogens with zero attached hydrogens (tertiary/aromatic N) is 2. The number of carbonyl (C=O) groups is 1. The minimum atomic E-state index is -0.497. The average Bonchev–Trinajstić information content (AvgIpc) is 2.49. The number of likely N-dealkylation sites (N-methyl/N-ethyl adjacent to an activating group) is 1. The number of anilines is 2. The largest absolute Gasteiger partial charge is 0.393 e. The molecule has 2 N–H and O–H groups in total. The zero-order valence-corrected chi connectivity index (χ0v) is 11.9. The van der Waals surface area contributed by atoms with E-state index in [9.17, 15) is 14.9 Å². The SMILES string of the molecule is CC(=O)/C=C1\N(C)c2cc([N+](=O)[O-])c(N)cc2C1(C)C. The summed E-state index contributed by atoms with van der Waals surface area (Å²) in [7, 11) is 1.79. The topological polar surface area (TPSA) is 89.5 Å². The number of ketones is 1. The molecule has 0 unspecified atom stereocenters. The van der Waals surface area contributed by atoms with Crippen LogP contribution >= 0.6 is 0 Å². The molecule has 6 nitrogen and oxygen atoms in total. The summed E-state index contributed by atoms with van der Waals surface area (Å²) >= 11 is 0. The molecule has 0 radical (unpaired) electrons. The highest BCUT2D eigenvalue weighted by molar-refractivity contribution is 5.91. The number of nitro benzene ring substituents is 1. The number of nitrogens with two attached hydrogens (primary N) is 1. The van der Waals surface area contributed by atoms with Gasteiger partial charge >= 0.3 is 0 Å². The minimum Gasteiger partial charge on any atom is -0.393 e. The zero-order valence-electron chi connectivity index (χ0n) is 11.9. The van der Waals surface area contributed by atoms with E-state index >= 15 is 0 Å². The van der Waals surface area contributed by atoms with Gasteiger partial charge in [0.1, 0.15) is 5.69 Å². The minimum absolute atomic E-state index is 0.0600. The third-order valence-corrected chi connectivity index (χ3v) is 3.72. The van der Waals surface area contributed by atoms with Crippen LogP contribution in [0.4, 0.5) is 17.1 Å². The molecule has 6 heteroatoms. The standard InChI is InChI=1S/C14H17N3O3/c1-8(18)5-13-14(2,3)9-6-10(15)12(17(19)20)7-11(9)16(13)4/h5-7H,15H2,1-4H3/b13-5-. The van der Waals surface area contributed by atoms with Crippen LogP contribution in [0.3, 0.4) is 0 Å². The Kier molecular flexibility index (Phi) is 3.04. The summed E-state index contributed by atoms with van der Waals surface area (Å²) in [5.41, 5.74) is 7.77. The molecule has 1 aromatic rings. The first-order valence-corrected chi connectivity index (χ1v) is 6.21. The number of hydrogen-bond acceptors (Lipinski definition) is 5. The third-order valence-electron chi connectivity index (χ3n) is 3.72. The van der Waals surface area contributed by atoms with E-state index in [1.54, 1.807) is 19.2 Å². The lowest BCUT2D eigenvalue weighted by molar-refractivity contribution is -0.383. The lowest BCUT2D eigenvalue weighted by Gasteiger charge is -2.23. The number of allylic oxidation sites excluding steroid dienone is 2. The Bertz CT molecular complexity index is 647. The lowest BCUT2D eigenvalue weighted by Crippen LogP contribution is -2.23. The highest BCUT2D eigenvalue weighted by atomic mass is 16.6. The summed E-state index contributed by atoms with van der Waals surface area (Å²) in [5, 5.41) is 11.0. The van der Waals surface area contributed by atoms with E-state index in [1.165, 1.54) is 13.0 Å². The molecule has 1 aliphatic heterocycles. The van der Waals surface area contributed by atoms with Gasteiger partial charge in [0.15, 0.2) is 5.78 Å². The molecule has 0 saturated heterocycles. The zero-order chi connectivity index (χ0) is 15.2. The van der Waals surface area contributed by atoms with Gasteiger partial charge in [-0.05, 0) is 18.6 Å². The van der Waals surface area contributed by atoms with E-state index in [-0.39, 0.29) is 17.2 Å². The number of fused-ring (bicyclic) bond motifs is 1. The van der Waals surface area contributed by atoms with Gasteiger partial charge in [-0.1, -0.05) is 13.8 Å². The molecule has 0 aliphatic carbocycles. The average molecular weight is 275 g/mol. The van der Waals surface area contributed by atoms with E-state index in [0.717, 1.165) is 11.3 Å². The molecule has 0 atom stereocenters. The summed E-state index contributed by atoms with van der Waals surface area (Å²) in [6.07, 6.45) is 1.56. The van der Waals surface area contributed by atoms with Crippen molar-refractivity contribution in [2.75, 3.05) is 17.7 Å². The van der Waals surface area contributed by atoms with Gasteiger partial charge in [0.2, 0.25) is 0 Å². The van der Waals surface area contributed by atoms with E-state index in [0.29, 0.717) is 5.69 Å². The first-order chi connectivity index (χ1) is 9.16. The first kappa shape index (κ1) is 14.0. The fourth-order valence-corrected chi connectivity index (χ4v) is 2.69. The fourth-order valence-electron chi connectivity index (χ4n) is 2.69. The number of rotatable bonds is 2. The molecule has 1 aliphatic rings. The van der Waals surface area contributed by atoms with E-state index < -0.39 is 10.3 Å². The van der Waals surface area contributed by atoms with Crippen molar-refractivity contribution in [3.8, 4) is 0 Å². The van der Waals surface area contributed by atoms with Gasteiger partial charge in [-0.2, -0.15) is 0 Å². The predicted octanol–water partition coefficient (Wildman–Crippen LogP) is 2.38. The Morgan fingerprint density at radius 1 is 1.45 bits per heavy atom. The molecular weight excluding hydrogens is 258 g/mol. The number of carbonyl (C=O) groups excluding carboxylic acids is 1. The summed E-state index contributed by atoms with van der Waals surface area (Å²) in [6.45, 7) is 5.42. The van der Waals surface area contributed by atoms with Gasteiger partial charge < -0.3 is 10.6 Å². The number of nitro groups is 1. The third kappa shape index (κ3) is 1.93. The van der Waals surface area contributed by atoms with Crippen LogP contribution in [-0.2, 0) is 10.2 Å². The predicted molar refractivity (Wildman–Crippen MR) is 77.7 cm³/mol. The Hall–Kier alpha value is -2.37. The molecular formula is C14H17N3O3. The molecule has 1 heterocycles. The van der Waals surface area contributed by atoms with Crippen molar-refractivity contribution in [2.24, 2.45) is 0 Å². The highest BCUT2D eigenvalue weighted by Gasteiger charge is 2.40. The van der Waals surface area contributed by atoms with Crippen molar-refractivity contribution in [2.45, 2.75) is 26.2 Å². The molecule has 20 heavy (non-hydrogen) atoms. The Morgan fingerprint density at radius 3 is 2.55 bits per heavy atom. The summed E-state index contributed by atoms with van der Waals surface area (Å²) in [5.74, 6) is -0.0600. The van der Waals surface area contributed by atoms with E-state index in [1.807, 2.05) is 18.7 Å². The summed E-state index contributed by atoms with van der Waals surface area (Å²) in [6, 6.07) is 3.10. The first-order valence-electron chi connectivity index (χ1n) is 6.21. The van der Waals surface area contributed by atoms with Gasteiger partial charge in [0.05, 0.1) is 10.6 Å². The van der Waals surface area contributed by atoms with Crippen LogP contribution in [0.2, 0.25) is 0 Å². The van der Waals surface area contributed by atoms with Crippen LogP contribution in [0.5, 0.6) is 0 Å². The second kappa shape index (κ2) is 4.33. The monoisotopic (exact) mass is 275 g/mol. The van der Waals surface area contributed by atoms with Crippen LogP contribution in [0.1, 0.15) is 26.3 Å². The molecule has 0 saturated carbocycles. The van der Waals surface area contributed by atoms with Gasteiger partial charge in [-0.25, -0.2) is 0 Å². The molecule has 0 amide bonds. The summed E-state index contributed by atoms with van der Waals surface area (Å²) < 4.78 is 0. The van der Waals surface area contributed by atoms with Gasteiger partial charge in [0, 0.05) is 30.3 Å². The molecule has 2 rings (SSSR count). The smallest absolute Gasteiger partial charge is 0.294 e. The maximum absolute atomic E-state index is 11.4. The lowest BCUT2D eigenvalue weighted by atomic mass is 9.83. The molecule has 0 aromatic heterocycles. The van der Waals surface area contributed by atoms with Crippen molar-refractivity contribution < 1.29 is 9.72 Å². The van der Waals surface area contributed by atoms with Crippen LogP contribution < -0.4 is 10.6 Å². The highest BCUT2D eigenvalue weighted by Crippen LogP contribution is 2.49. The molecule has 0 bridgehead atoms. The normalized spacial score (nSPS) is 18.2. The second-order valence-corrected chi connectivity index (χ2v) is 5.51. The Morgan fingerprint density at radius 2 is 2.05 bits per heavy atom. The molecule has 1 aromatic carbocycles. The summed E-state index contributed by atoms with van der Waals surface area (Å²) in [4.78, 5) is 23.7. The van der Waals surface area contributed by atoms with Crippen molar-refractivity contribution in [1.29, 1.82) is 0 Å². The van der Waals surface area contributed by atoms with Gasteiger partial charge in [-0.15, -0.1) is 0 Å². The van der Waals surface area contributed by atoms with Crippen molar-refractivity contribution in [3.05, 3.63) is 39.6 Å². The molecule has 0 fully saturated rings. The van der Waals surface area contributed by atoms with Crippen LogP contribution in [0.25, 0.3) is 0 Å². The number of hydrogen-bond donors (Lipinski definition) is 1. The second-order valence-electron chi connectivity index (χ2n) is 5.51. The quantitative estimate of drug-likeness (QED) is 0.387. The van der Waals surface area contributed by atoms with Crippen LogP contribution in [0, 0.1) is 10.1 Å².